The Morgan fingerprint density at radius 3 is 2.39 bits per heavy atom. The third kappa shape index (κ3) is 1.70. The molecule has 3 aliphatic heterocycles. The second kappa shape index (κ2) is 3.92. The van der Waals surface area contributed by atoms with Gasteiger partial charge in [0.15, 0.2) is 5.60 Å². The van der Waals surface area contributed by atoms with Gasteiger partial charge in [-0.2, -0.15) is 0 Å². The monoisotopic (exact) mass is 245 g/mol. The molecule has 1 fully saturated rings. The lowest BCUT2D eigenvalue weighted by Gasteiger charge is -2.54. The van der Waals surface area contributed by atoms with Gasteiger partial charge in [0.25, 0.3) is 0 Å². The van der Waals surface area contributed by atoms with E-state index in [1.165, 1.54) is 0 Å². The van der Waals surface area contributed by atoms with Crippen molar-refractivity contribution in [1.82, 2.24) is 0 Å². The first-order valence-corrected chi connectivity index (χ1v) is 6.61. The summed E-state index contributed by atoms with van der Waals surface area (Å²) in [4.78, 5) is 0. The van der Waals surface area contributed by atoms with Crippen LogP contribution in [0.3, 0.4) is 0 Å². The summed E-state index contributed by atoms with van der Waals surface area (Å²) in [5.41, 5.74) is 0.288. The van der Waals surface area contributed by atoms with E-state index in [1.54, 1.807) is 6.92 Å². The molecular formula is C15H19NO2. The summed E-state index contributed by atoms with van der Waals surface area (Å²) in [5.74, 6) is 0.476. The number of hydrogen-bond acceptors (Lipinski definition) is 2. The summed E-state index contributed by atoms with van der Waals surface area (Å²) < 4.78 is -0.335. The molecule has 96 valence electrons. The van der Waals surface area contributed by atoms with Crippen LogP contribution in [0.4, 0.5) is 0 Å². The molecule has 3 heterocycles. The lowest BCUT2D eigenvalue weighted by Crippen LogP contribution is -2.55. The molecule has 1 saturated heterocycles. The Morgan fingerprint density at radius 1 is 1.22 bits per heavy atom. The zero-order valence-corrected chi connectivity index (χ0v) is 10.7. The number of fused-ring (bicyclic) bond motifs is 2. The van der Waals surface area contributed by atoms with Crippen molar-refractivity contribution in [2.24, 2.45) is 5.92 Å². The predicted molar refractivity (Wildman–Crippen MR) is 70.2 cm³/mol. The fraction of sp³-hybridized carbons (Fsp3) is 0.467. The van der Waals surface area contributed by atoms with Crippen molar-refractivity contribution in [1.29, 1.82) is 0 Å². The van der Waals surface area contributed by atoms with Crippen molar-refractivity contribution < 1.29 is 9.75 Å². The number of allylic oxidation sites excluding steroid dienone is 1. The van der Waals surface area contributed by atoms with E-state index in [4.69, 9.17) is 0 Å². The molecule has 1 unspecified atom stereocenters. The zero-order valence-electron chi connectivity index (χ0n) is 10.7. The smallest absolute Gasteiger partial charge is 0.160 e. The fourth-order valence-corrected chi connectivity index (χ4v) is 3.24. The van der Waals surface area contributed by atoms with Gasteiger partial charge >= 0.3 is 0 Å². The SMILES string of the molecule is CC(O)(C1=CC2CC[N+]1([O-])CC2)c1ccccc1. The van der Waals surface area contributed by atoms with Crippen LogP contribution in [0, 0.1) is 11.1 Å². The van der Waals surface area contributed by atoms with Crippen LogP contribution in [-0.4, -0.2) is 22.8 Å². The molecule has 0 aromatic heterocycles. The van der Waals surface area contributed by atoms with Crippen molar-refractivity contribution >= 4 is 0 Å². The average Bonchev–Trinajstić information content (AvgIpc) is 2.40. The zero-order chi connectivity index (χ0) is 12.8. The minimum Gasteiger partial charge on any atom is -0.627 e. The topological polar surface area (TPSA) is 43.3 Å². The second-order valence-corrected chi connectivity index (χ2v) is 5.66. The van der Waals surface area contributed by atoms with E-state index in [2.05, 4.69) is 0 Å². The summed E-state index contributed by atoms with van der Waals surface area (Å²) >= 11 is 0. The molecule has 0 radical (unpaired) electrons. The quantitative estimate of drug-likeness (QED) is 0.642. The third-order valence-corrected chi connectivity index (χ3v) is 4.39. The number of rotatable bonds is 2. The molecule has 4 rings (SSSR count). The summed E-state index contributed by atoms with van der Waals surface area (Å²) in [6.45, 7) is 2.96. The van der Waals surface area contributed by atoms with Crippen molar-refractivity contribution in [3.05, 3.63) is 52.9 Å². The molecule has 18 heavy (non-hydrogen) atoms. The van der Waals surface area contributed by atoms with Crippen LogP contribution in [0.5, 0.6) is 0 Å². The van der Waals surface area contributed by atoms with Crippen LogP contribution in [0.25, 0.3) is 0 Å². The van der Waals surface area contributed by atoms with Crippen molar-refractivity contribution in [3.8, 4) is 0 Å². The van der Waals surface area contributed by atoms with E-state index in [1.807, 2.05) is 36.4 Å². The van der Waals surface area contributed by atoms with Gasteiger partial charge in [-0.05, 0) is 24.5 Å². The van der Waals surface area contributed by atoms with Crippen molar-refractivity contribution in [2.45, 2.75) is 25.4 Å². The van der Waals surface area contributed by atoms with Gasteiger partial charge in [-0.25, -0.2) is 0 Å². The maximum atomic E-state index is 12.8. The summed E-state index contributed by atoms with van der Waals surface area (Å²) in [7, 11) is 0. The van der Waals surface area contributed by atoms with Gasteiger partial charge in [0.2, 0.25) is 0 Å². The first-order valence-electron chi connectivity index (χ1n) is 6.61. The molecule has 1 atom stereocenters. The number of nitrogens with zero attached hydrogens (tertiary/aromatic N) is 1. The van der Waals surface area contributed by atoms with Crippen LogP contribution in [-0.2, 0) is 5.60 Å². The van der Waals surface area contributed by atoms with Crippen molar-refractivity contribution in [3.63, 3.8) is 0 Å². The maximum Gasteiger partial charge on any atom is 0.160 e. The lowest BCUT2D eigenvalue weighted by molar-refractivity contribution is -0.860. The highest BCUT2D eigenvalue weighted by Gasteiger charge is 2.45. The first kappa shape index (κ1) is 11.9. The van der Waals surface area contributed by atoms with Crippen LogP contribution < -0.4 is 0 Å². The van der Waals surface area contributed by atoms with Gasteiger partial charge in [0.1, 0.15) is 5.70 Å². The maximum absolute atomic E-state index is 12.8. The van der Waals surface area contributed by atoms with Gasteiger partial charge in [-0.3, -0.25) is 0 Å². The highest BCUT2D eigenvalue weighted by atomic mass is 16.5. The van der Waals surface area contributed by atoms with E-state index < -0.39 is 5.60 Å². The Morgan fingerprint density at radius 2 is 1.83 bits per heavy atom. The van der Waals surface area contributed by atoms with E-state index in [0.29, 0.717) is 24.7 Å². The highest BCUT2D eigenvalue weighted by molar-refractivity contribution is 5.30. The Kier molecular flexibility index (Phi) is 2.59. The molecule has 0 saturated carbocycles. The van der Waals surface area contributed by atoms with Gasteiger partial charge in [-0.15, -0.1) is 0 Å². The number of hydrogen-bond donors (Lipinski definition) is 1. The van der Waals surface area contributed by atoms with Gasteiger partial charge in [0.05, 0.1) is 13.1 Å². The molecule has 2 bridgehead atoms. The molecule has 0 aliphatic carbocycles. The molecule has 1 aromatic rings. The van der Waals surface area contributed by atoms with Gasteiger partial charge in [-0.1, -0.05) is 30.3 Å². The number of hydroxylamine groups is 3. The minimum atomic E-state index is -1.15. The molecule has 1 aromatic carbocycles. The third-order valence-electron chi connectivity index (χ3n) is 4.39. The van der Waals surface area contributed by atoms with Crippen LogP contribution >= 0.6 is 0 Å². The molecule has 3 heteroatoms. The van der Waals surface area contributed by atoms with Crippen LogP contribution in [0.15, 0.2) is 42.1 Å². The number of benzene rings is 1. The number of quaternary nitrogens is 1. The minimum absolute atomic E-state index is 0.335. The standard InChI is InChI=1S/C15H19NO2/c1-15(17,13-5-3-2-4-6-13)14-11-12-7-9-16(14,18)10-8-12/h2-6,11-12,17H,7-10H2,1H3. The van der Waals surface area contributed by atoms with Crippen LogP contribution in [0.1, 0.15) is 25.3 Å². The molecule has 1 N–H and O–H groups in total. The Labute approximate surface area is 108 Å². The Balaban J connectivity index is 2.04. The fourth-order valence-electron chi connectivity index (χ4n) is 3.24. The van der Waals surface area contributed by atoms with E-state index >= 15 is 0 Å². The van der Waals surface area contributed by atoms with E-state index in [0.717, 1.165) is 18.4 Å². The average molecular weight is 245 g/mol. The summed E-state index contributed by atoms with van der Waals surface area (Å²) in [5, 5.41) is 23.6. The van der Waals surface area contributed by atoms with Gasteiger partial charge < -0.3 is 15.0 Å². The van der Waals surface area contributed by atoms with Gasteiger partial charge in [0, 0.05) is 12.8 Å². The summed E-state index contributed by atoms with van der Waals surface area (Å²) in [6.07, 6.45) is 3.93. The Hall–Kier alpha value is -1.16. The number of aliphatic hydroxyl groups is 1. The molecule has 3 aliphatic rings. The normalized spacial score (nSPS) is 33.9. The Bertz CT molecular complexity index is 471. The predicted octanol–water partition coefficient (Wildman–Crippen LogP) is 2.52. The van der Waals surface area contributed by atoms with E-state index in [9.17, 15) is 10.3 Å². The van der Waals surface area contributed by atoms with Crippen molar-refractivity contribution in [2.75, 3.05) is 13.1 Å². The lowest BCUT2D eigenvalue weighted by atomic mass is 9.81. The van der Waals surface area contributed by atoms with Crippen LogP contribution in [0.2, 0.25) is 0 Å². The largest absolute Gasteiger partial charge is 0.627 e. The molecular weight excluding hydrogens is 226 g/mol. The molecule has 0 amide bonds. The molecule has 3 nitrogen and oxygen atoms in total. The summed E-state index contributed by atoms with van der Waals surface area (Å²) in [6, 6.07) is 9.49. The highest BCUT2D eigenvalue weighted by Crippen LogP contribution is 2.44. The first-order chi connectivity index (χ1) is 8.52. The van der Waals surface area contributed by atoms with E-state index in [-0.39, 0.29) is 4.65 Å². The second-order valence-electron chi connectivity index (χ2n) is 5.66. The number of piperidine rings is 1. The molecule has 0 spiro atoms.